The molecule has 0 fully saturated rings. The average molecular weight is 310 g/mol. The van der Waals surface area contributed by atoms with Gasteiger partial charge in [-0.25, -0.2) is 14.4 Å². The van der Waals surface area contributed by atoms with Crippen LogP contribution in [0.2, 0.25) is 10.2 Å². The molecule has 2 aromatic rings. The molecule has 6 heteroatoms. The number of nitrogens with zero attached hydrogens (tertiary/aromatic N) is 2. The Morgan fingerprint density at radius 2 is 2.00 bits per heavy atom. The predicted octanol–water partition coefficient (Wildman–Crippen LogP) is 4.15. The predicted molar refractivity (Wildman–Crippen MR) is 62.0 cm³/mol. The van der Waals surface area contributed by atoms with E-state index in [0.29, 0.717) is 15.7 Å². The van der Waals surface area contributed by atoms with Gasteiger partial charge in [-0.3, -0.25) is 0 Å². The number of halogens is 4. The van der Waals surface area contributed by atoms with E-state index in [1.165, 1.54) is 6.07 Å². The maximum Gasteiger partial charge on any atom is 0.151 e. The summed E-state index contributed by atoms with van der Waals surface area (Å²) in [6.07, 6.45) is 0. The average Bonchev–Trinajstić information content (AvgIpc) is 2.13. The molecule has 0 atom stereocenters. The number of fused-ring (bicyclic) bond motifs is 1. The molecule has 1 aromatic heterocycles. The van der Waals surface area contributed by atoms with E-state index in [1.54, 1.807) is 6.92 Å². The van der Waals surface area contributed by atoms with E-state index in [9.17, 15) is 4.39 Å². The van der Waals surface area contributed by atoms with Crippen LogP contribution in [0, 0.1) is 12.7 Å². The van der Waals surface area contributed by atoms with Crippen molar-refractivity contribution >= 4 is 50.0 Å². The van der Waals surface area contributed by atoms with E-state index in [2.05, 4.69) is 25.9 Å². The fourth-order valence-electron chi connectivity index (χ4n) is 1.27. The first-order chi connectivity index (χ1) is 7.00. The van der Waals surface area contributed by atoms with Gasteiger partial charge in [-0.2, -0.15) is 0 Å². The van der Waals surface area contributed by atoms with Gasteiger partial charge in [0.1, 0.15) is 16.5 Å². The molecule has 0 bridgehead atoms. The molecule has 0 aliphatic carbocycles. The Labute approximate surface area is 104 Å². The van der Waals surface area contributed by atoms with Crippen LogP contribution in [0.5, 0.6) is 0 Å². The lowest BCUT2D eigenvalue weighted by molar-refractivity contribution is 0.636. The summed E-state index contributed by atoms with van der Waals surface area (Å²) in [4.78, 5) is 7.92. The van der Waals surface area contributed by atoms with Crippen molar-refractivity contribution in [1.29, 1.82) is 0 Å². The van der Waals surface area contributed by atoms with E-state index in [1.807, 2.05) is 0 Å². The minimum Gasteiger partial charge on any atom is -0.230 e. The second-order valence-electron chi connectivity index (χ2n) is 2.94. The first kappa shape index (κ1) is 11.0. The molecule has 78 valence electrons. The summed E-state index contributed by atoms with van der Waals surface area (Å²) >= 11 is 14.9. The van der Waals surface area contributed by atoms with Gasteiger partial charge in [0.15, 0.2) is 5.82 Å². The lowest BCUT2D eigenvalue weighted by Crippen LogP contribution is -1.94. The van der Waals surface area contributed by atoms with Crippen molar-refractivity contribution in [2.24, 2.45) is 0 Å². The Balaban J connectivity index is 3.03. The Hall–Kier alpha value is -0.450. The molecule has 0 amide bonds. The highest BCUT2D eigenvalue weighted by Crippen LogP contribution is 2.35. The van der Waals surface area contributed by atoms with Gasteiger partial charge in [-0.1, -0.05) is 23.2 Å². The summed E-state index contributed by atoms with van der Waals surface area (Å²) in [5.41, 5.74) is 0.170. The minimum atomic E-state index is -0.509. The van der Waals surface area contributed by atoms with Gasteiger partial charge in [-0.05, 0) is 28.9 Å². The highest BCUT2D eigenvalue weighted by Gasteiger charge is 2.14. The third kappa shape index (κ3) is 1.82. The van der Waals surface area contributed by atoms with E-state index < -0.39 is 5.82 Å². The number of aromatic nitrogens is 2. The topological polar surface area (TPSA) is 25.8 Å². The quantitative estimate of drug-likeness (QED) is 0.540. The van der Waals surface area contributed by atoms with E-state index in [-0.39, 0.29) is 15.7 Å². The van der Waals surface area contributed by atoms with E-state index >= 15 is 0 Å². The summed E-state index contributed by atoms with van der Waals surface area (Å²) < 4.78 is 14.0. The van der Waals surface area contributed by atoms with Crippen LogP contribution in [0.3, 0.4) is 0 Å². The first-order valence-electron chi connectivity index (χ1n) is 3.98. The van der Waals surface area contributed by atoms with Gasteiger partial charge < -0.3 is 0 Å². The second kappa shape index (κ2) is 3.85. The number of hydrogen-bond acceptors (Lipinski definition) is 2. The Kier molecular flexibility index (Phi) is 2.83. The van der Waals surface area contributed by atoms with Crippen LogP contribution in [0.4, 0.5) is 4.39 Å². The third-order valence-electron chi connectivity index (χ3n) is 1.89. The number of hydrogen-bond donors (Lipinski definition) is 0. The number of benzene rings is 1. The molecule has 1 aromatic carbocycles. The highest BCUT2D eigenvalue weighted by atomic mass is 79.9. The standard InChI is InChI=1S/C9H4BrCl2FN2/c1-3-14-8-5(13)2-4(11)7(10)6(8)9(12)15-3/h2H,1H3. The molecule has 0 N–H and O–H groups in total. The van der Waals surface area contributed by atoms with Crippen molar-refractivity contribution in [2.75, 3.05) is 0 Å². The van der Waals surface area contributed by atoms with Crippen molar-refractivity contribution in [1.82, 2.24) is 9.97 Å². The summed E-state index contributed by atoms with van der Waals surface area (Å²) in [5.74, 6) is -0.0915. The molecule has 1 heterocycles. The number of rotatable bonds is 0. The van der Waals surface area contributed by atoms with E-state index in [4.69, 9.17) is 23.2 Å². The molecular weight excluding hydrogens is 306 g/mol. The SMILES string of the molecule is Cc1nc(Cl)c2c(Br)c(Cl)cc(F)c2n1. The monoisotopic (exact) mass is 308 g/mol. The van der Waals surface area contributed by atoms with Gasteiger partial charge in [-0.15, -0.1) is 0 Å². The largest absolute Gasteiger partial charge is 0.230 e. The Morgan fingerprint density at radius 3 is 2.67 bits per heavy atom. The zero-order valence-electron chi connectivity index (χ0n) is 7.48. The number of aryl methyl sites for hydroxylation is 1. The minimum absolute atomic E-state index is 0.170. The van der Waals surface area contributed by atoms with Crippen molar-refractivity contribution < 1.29 is 4.39 Å². The fourth-order valence-corrected chi connectivity index (χ4v) is 2.37. The molecule has 0 saturated carbocycles. The molecule has 15 heavy (non-hydrogen) atoms. The molecule has 2 nitrogen and oxygen atoms in total. The smallest absolute Gasteiger partial charge is 0.151 e. The summed E-state index contributed by atoms with van der Waals surface area (Å²) in [7, 11) is 0. The maximum atomic E-state index is 13.5. The Bertz CT molecular complexity index is 560. The van der Waals surface area contributed by atoms with Crippen LogP contribution in [0.1, 0.15) is 5.82 Å². The summed E-state index contributed by atoms with van der Waals surface area (Å²) in [6, 6.07) is 1.19. The fraction of sp³-hybridized carbons (Fsp3) is 0.111. The lowest BCUT2D eigenvalue weighted by Gasteiger charge is -2.06. The highest BCUT2D eigenvalue weighted by molar-refractivity contribution is 9.10. The maximum absolute atomic E-state index is 13.5. The van der Waals surface area contributed by atoms with Gasteiger partial charge in [0.05, 0.1) is 10.4 Å². The second-order valence-corrected chi connectivity index (χ2v) is 4.50. The molecule has 2 rings (SSSR count). The zero-order valence-corrected chi connectivity index (χ0v) is 10.6. The van der Waals surface area contributed by atoms with Crippen molar-refractivity contribution in [3.8, 4) is 0 Å². The van der Waals surface area contributed by atoms with Gasteiger partial charge in [0, 0.05) is 4.47 Å². The van der Waals surface area contributed by atoms with Crippen molar-refractivity contribution in [2.45, 2.75) is 6.92 Å². The van der Waals surface area contributed by atoms with Gasteiger partial charge in [0.25, 0.3) is 0 Å². The molecule has 0 aliphatic rings. The van der Waals surface area contributed by atoms with Gasteiger partial charge in [0.2, 0.25) is 0 Å². The Morgan fingerprint density at radius 1 is 1.33 bits per heavy atom. The van der Waals surface area contributed by atoms with Crippen LogP contribution >= 0.6 is 39.1 Å². The first-order valence-corrected chi connectivity index (χ1v) is 5.53. The van der Waals surface area contributed by atoms with Crippen molar-refractivity contribution in [3.63, 3.8) is 0 Å². The van der Waals surface area contributed by atoms with E-state index in [0.717, 1.165) is 0 Å². The van der Waals surface area contributed by atoms with Crippen LogP contribution in [0.25, 0.3) is 10.9 Å². The molecule has 0 spiro atoms. The molecule has 0 aliphatic heterocycles. The van der Waals surface area contributed by atoms with Crippen LogP contribution in [0.15, 0.2) is 10.5 Å². The summed E-state index contributed by atoms with van der Waals surface area (Å²) in [5, 5.41) is 0.826. The molecule has 0 saturated heterocycles. The lowest BCUT2D eigenvalue weighted by atomic mass is 10.2. The molecular formula is C9H4BrCl2FN2. The molecule has 0 radical (unpaired) electrons. The van der Waals surface area contributed by atoms with Crippen LogP contribution < -0.4 is 0 Å². The van der Waals surface area contributed by atoms with Crippen LogP contribution in [-0.4, -0.2) is 9.97 Å². The zero-order chi connectivity index (χ0) is 11.2. The van der Waals surface area contributed by atoms with Crippen LogP contribution in [-0.2, 0) is 0 Å². The molecule has 0 unspecified atom stereocenters. The third-order valence-corrected chi connectivity index (χ3v) is 3.51. The van der Waals surface area contributed by atoms with Crippen molar-refractivity contribution in [3.05, 3.63) is 32.4 Å². The van der Waals surface area contributed by atoms with Gasteiger partial charge >= 0.3 is 0 Å². The normalized spacial score (nSPS) is 11.0. The summed E-state index contributed by atoms with van der Waals surface area (Å²) in [6.45, 7) is 1.65.